The molecule has 314 valence electrons. The highest BCUT2D eigenvalue weighted by atomic mass is 16.3. The molecule has 13 rings (SSSR count). The van der Waals surface area contributed by atoms with Gasteiger partial charge in [-0.3, -0.25) is 0 Å². The average Bonchev–Trinajstić information content (AvgIpc) is 3.98. The van der Waals surface area contributed by atoms with Gasteiger partial charge < -0.3 is 13.7 Å². The number of furan rings is 2. The fourth-order valence-electron chi connectivity index (χ4n) is 10.1. The number of nitrogens with zero attached hydrogens (tertiary/aromatic N) is 1. The minimum Gasteiger partial charge on any atom is -0.456 e. The molecule has 0 saturated heterocycles. The van der Waals surface area contributed by atoms with Gasteiger partial charge in [-0.25, -0.2) is 0 Å². The SMILES string of the molecule is c1ccc(-c2ccc(N(c3ccc(-c4cccc5c4oc4ccccc45)cc3)c3cccc(-c4ccc5oc6ccccc6c5c4)c3-c3ccc4ccccc4c3)cc2-c2ccccc2)cc1. The Morgan fingerprint density at radius 1 is 0.269 bits per heavy atom. The standard InChI is InChI=1S/C64H41NO2/c1-3-16-43(17-4-1)51-37-36-50(41-57(51)44-18-5-2-6-19-44)65(49-34-31-45(32-35-49)53-24-13-25-56-54-21-9-12-28-61(54)67-64(53)56)59-26-14-23-52(63(59)48-30-29-42-15-7-8-20-46(42)39-48)47-33-38-62-58(40-47)55-22-10-11-27-60(55)66-62/h1-41H. The lowest BCUT2D eigenvalue weighted by Gasteiger charge is -2.30. The van der Waals surface area contributed by atoms with E-state index in [1.165, 1.54) is 21.9 Å². The summed E-state index contributed by atoms with van der Waals surface area (Å²) in [6, 6.07) is 89.2. The van der Waals surface area contributed by atoms with Crippen LogP contribution in [0.15, 0.2) is 258 Å². The van der Waals surface area contributed by atoms with Gasteiger partial charge in [0.2, 0.25) is 0 Å². The summed E-state index contributed by atoms with van der Waals surface area (Å²) in [6.45, 7) is 0. The molecule has 0 N–H and O–H groups in total. The van der Waals surface area contributed by atoms with Crippen molar-refractivity contribution in [1.82, 2.24) is 0 Å². The van der Waals surface area contributed by atoms with Crippen LogP contribution in [0.25, 0.3) is 110 Å². The molecule has 0 aliphatic heterocycles. The molecule has 2 aromatic heterocycles. The highest BCUT2D eigenvalue weighted by Gasteiger charge is 2.24. The average molecular weight is 856 g/mol. The summed E-state index contributed by atoms with van der Waals surface area (Å²) in [6.07, 6.45) is 0. The summed E-state index contributed by atoms with van der Waals surface area (Å²) in [5.41, 5.74) is 18.0. The van der Waals surface area contributed by atoms with E-state index in [0.717, 1.165) is 105 Å². The molecular formula is C64H41NO2. The summed E-state index contributed by atoms with van der Waals surface area (Å²) in [4.78, 5) is 2.44. The first-order chi connectivity index (χ1) is 33.2. The van der Waals surface area contributed by atoms with E-state index in [4.69, 9.17) is 8.83 Å². The van der Waals surface area contributed by atoms with Gasteiger partial charge in [-0.15, -0.1) is 0 Å². The fraction of sp³-hybridized carbons (Fsp3) is 0. The van der Waals surface area contributed by atoms with Gasteiger partial charge in [-0.2, -0.15) is 0 Å². The van der Waals surface area contributed by atoms with Crippen molar-refractivity contribution >= 4 is 71.7 Å². The molecule has 3 nitrogen and oxygen atoms in total. The predicted molar refractivity (Wildman–Crippen MR) is 280 cm³/mol. The van der Waals surface area contributed by atoms with Gasteiger partial charge in [0.25, 0.3) is 0 Å². The Hall–Kier alpha value is -8.92. The van der Waals surface area contributed by atoms with Crippen molar-refractivity contribution in [1.29, 1.82) is 0 Å². The van der Waals surface area contributed by atoms with E-state index in [-0.39, 0.29) is 0 Å². The Bertz CT molecular complexity index is 3980. The van der Waals surface area contributed by atoms with Gasteiger partial charge in [0.1, 0.15) is 22.3 Å². The summed E-state index contributed by atoms with van der Waals surface area (Å²) in [5.74, 6) is 0. The Labute approximate surface area is 388 Å². The molecular weight excluding hydrogens is 815 g/mol. The number of para-hydroxylation sites is 3. The van der Waals surface area contributed by atoms with Crippen molar-refractivity contribution in [2.24, 2.45) is 0 Å². The topological polar surface area (TPSA) is 29.5 Å². The van der Waals surface area contributed by atoms with E-state index in [1.54, 1.807) is 0 Å². The van der Waals surface area contributed by atoms with Crippen LogP contribution in [0, 0.1) is 0 Å². The lowest BCUT2D eigenvalue weighted by atomic mass is 9.90. The van der Waals surface area contributed by atoms with E-state index < -0.39 is 0 Å². The van der Waals surface area contributed by atoms with Gasteiger partial charge in [0, 0.05) is 44.0 Å². The zero-order chi connectivity index (χ0) is 44.3. The number of hydrogen-bond acceptors (Lipinski definition) is 3. The first-order valence-corrected chi connectivity index (χ1v) is 22.8. The van der Waals surface area contributed by atoms with Crippen LogP contribution in [-0.4, -0.2) is 0 Å². The van der Waals surface area contributed by atoms with E-state index in [9.17, 15) is 0 Å². The van der Waals surface area contributed by atoms with Gasteiger partial charge in [0.15, 0.2) is 0 Å². The molecule has 3 heteroatoms. The van der Waals surface area contributed by atoms with Crippen LogP contribution in [0.3, 0.4) is 0 Å². The lowest BCUT2D eigenvalue weighted by Crippen LogP contribution is -2.12. The van der Waals surface area contributed by atoms with Crippen LogP contribution in [0.4, 0.5) is 17.1 Å². The van der Waals surface area contributed by atoms with Crippen molar-refractivity contribution in [3.8, 4) is 55.6 Å². The maximum absolute atomic E-state index is 6.54. The van der Waals surface area contributed by atoms with E-state index in [1.807, 2.05) is 24.3 Å². The van der Waals surface area contributed by atoms with Gasteiger partial charge in [0.05, 0.1) is 5.69 Å². The van der Waals surface area contributed by atoms with Crippen LogP contribution < -0.4 is 4.90 Å². The van der Waals surface area contributed by atoms with Crippen LogP contribution in [-0.2, 0) is 0 Å². The zero-order valence-corrected chi connectivity index (χ0v) is 36.4. The number of fused-ring (bicyclic) bond motifs is 7. The van der Waals surface area contributed by atoms with Crippen molar-refractivity contribution in [3.05, 3.63) is 249 Å². The second kappa shape index (κ2) is 16.0. The molecule has 0 aliphatic carbocycles. The molecule has 67 heavy (non-hydrogen) atoms. The van der Waals surface area contributed by atoms with E-state index in [0.29, 0.717) is 0 Å². The summed E-state index contributed by atoms with van der Waals surface area (Å²) >= 11 is 0. The third-order valence-corrected chi connectivity index (χ3v) is 13.3. The van der Waals surface area contributed by atoms with Gasteiger partial charge in [-0.05, 0) is 116 Å². The van der Waals surface area contributed by atoms with Crippen LogP contribution in [0.2, 0.25) is 0 Å². The molecule has 0 bridgehead atoms. The molecule has 0 atom stereocenters. The lowest BCUT2D eigenvalue weighted by molar-refractivity contribution is 0.669. The third kappa shape index (κ3) is 6.67. The number of rotatable bonds is 8. The largest absolute Gasteiger partial charge is 0.456 e. The molecule has 0 saturated carbocycles. The molecule has 2 heterocycles. The zero-order valence-electron chi connectivity index (χ0n) is 36.4. The molecule has 0 fully saturated rings. The van der Waals surface area contributed by atoms with Crippen LogP contribution in [0.5, 0.6) is 0 Å². The summed E-state index contributed by atoms with van der Waals surface area (Å²) < 4.78 is 12.9. The minimum atomic E-state index is 0.875. The van der Waals surface area contributed by atoms with E-state index in [2.05, 4.69) is 229 Å². The van der Waals surface area contributed by atoms with E-state index >= 15 is 0 Å². The molecule has 11 aromatic carbocycles. The predicted octanol–water partition coefficient (Wildman–Crippen LogP) is 18.4. The first kappa shape index (κ1) is 38.5. The summed E-state index contributed by atoms with van der Waals surface area (Å²) in [5, 5.41) is 6.83. The minimum absolute atomic E-state index is 0.875. The molecule has 0 unspecified atom stereocenters. The quantitative estimate of drug-likeness (QED) is 0.152. The van der Waals surface area contributed by atoms with Crippen LogP contribution in [0.1, 0.15) is 0 Å². The Morgan fingerprint density at radius 2 is 0.836 bits per heavy atom. The number of benzene rings is 11. The molecule has 0 spiro atoms. The molecule has 13 aromatic rings. The fourth-order valence-corrected chi connectivity index (χ4v) is 10.1. The van der Waals surface area contributed by atoms with Crippen molar-refractivity contribution in [2.45, 2.75) is 0 Å². The number of anilines is 3. The Morgan fingerprint density at radius 3 is 1.63 bits per heavy atom. The normalized spacial score (nSPS) is 11.6. The highest BCUT2D eigenvalue weighted by molar-refractivity contribution is 6.10. The van der Waals surface area contributed by atoms with Crippen LogP contribution >= 0.6 is 0 Å². The first-order valence-electron chi connectivity index (χ1n) is 22.8. The molecule has 0 amide bonds. The Balaban J connectivity index is 1.06. The summed E-state index contributed by atoms with van der Waals surface area (Å²) in [7, 11) is 0. The highest BCUT2D eigenvalue weighted by Crippen LogP contribution is 2.49. The van der Waals surface area contributed by atoms with Gasteiger partial charge >= 0.3 is 0 Å². The van der Waals surface area contributed by atoms with Crippen molar-refractivity contribution < 1.29 is 8.83 Å². The second-order valence-electron chi connectivity index (χ2n) is 17.2. The van der Waals surface area contributed by atoms with Crippen molar-refractivity contribution in [2.75, 3.05) is 4.90 Å². The second-order valence-corrected chi connectivity index (χ2v) is 17.2. The Kier molecular flexibility index (Phi) is 9.17. The molecule has 0 aliphatic rings. The smallest absolute Gasteiger partial charge is 0.143 e. The van der Waals surface area contributed by atoms with Gasteiger partial charge in [-0.1, -0.05) is 188 Å². The third-order valence-electron chi connectivity index (χ3n) is 13.3. The molecule has 0 radical (unpaired) electrons. The maximum atomic E-state index is 6.54. The maximum Gasteiger partial charge on any atom is 0.143 e. The number of hydrogen-bond donors (Lipinski definition) is 0. The monoisotopic (exact) mass is 855 g/mol. The van der Waals surface area contributed by atoms with Crippen molar-refractivity contribution in [3.63, 3.8) is 0 Å².